The Morgan fingerprint density at radius 1 is 1.20 bits per heavy atom. The summed E-state index contributed by atoms with van der Waals surface area (Å²) in [5.74, 6) is 1.25. The van der Waals surface area contributed by atoms with Crippen molar-refractivity contribution in [3.63, 3.8) is 0 Å². The van der Waals surface area contributed by atoms with Gasteiger partial charge >= 0.3 is 0 Å². The Balaban J connectivity index is 1.73. The number of fused-ring (bicyclic) bond motifs is 1. The number of hydrogen-bond donors (Lipinski definition) is 0. The predicted molar refractivity (Wildman–Crippen MR) is 119 cm³/mol. The van der Waals surface area contributed by atoms with Gasteiger partial charge in [0.2, 0.25) is 0 Å². The first-order chi connectivity index (χ1) is 14.5. The molecule has 30 heavy (non-hydrogen) atoms. The second kappa shape index (κ2) is 8.75. The maximum Gasteiger partial charge on any atom is 0.282 e. The Bertz CT molecular complexity index is 1290. The van der Waals surface area contributed by atoms with Crippen molar-refractivity contribution >= 4 is 33.0 Å². The Morgan fingerprint density at radius 3 is 2.87 bits per heavy atom. The molecule has 7 heteroatoms. The topological polar surface area (TPSA) is 60.4 Å². The van der Waals surface area contributed by atoms with Crippen molar-refractivity contribution in [3.05, 3.63) is 86.8 Å². The molecule has 2 aromatic carbocycles. The Labute approximate surface area is 181 Å². The lowest BCUT2D eigenvalue weighted by Gasteiger charge is -2.08. The summed E-state index contributed by atoms with van der Waals surface area (Å²) in [6, 6.07) is 15.1. The van der Waals surface area contributed by atoms with E-state index in [2.05, 4.69) is 32.9 Å². The summed E-state index contributed by atoms with van der Waals surface area (Å²) in [6.45, 7) is 2.08. The molecule has 0 saturated heterocycles. The van der Waals surface area contributed by atoms with Gasteiger partial charge in [0.15, 0.2) is 0 Å². The normalized spacial score (nSPS) is 11.6. The summed E-state index contributed by atoms with van der Waals surface area (Å²) in [5, 5.41) is 4.85. The summed E-state index contributed by atoms with van der Waals surface area (Å²) >= 11 is 3.40. The van der Waals surface area contributed by atoms with Crippen LogP contribution in [0.2, 0.25) is 0 Å². The number of benzene rings is 2. The van der Waals surface area contributed by atoms with Gasteiger partial charge in [-0.05, 0) is 48.9 Å². The first kappa shape index (κ1) is 20.2. The molecule has 0 atom stereocenters. The fraction of sp³-hybridized carbons (Fsp3) is 0.174. The molecule has 0 bridgehead atoms. The second-order valence-electron chi connectivity index (χ2n) is 6.87. The highest BCUT2D eigenvalue weighted by molar-refractivity contribution is 9.10. The highest BCUT2D eigenvalue weighted by Gasteiger charge is 2.11. The maximum absolute atomic E-state index is 13.5. The lowest BCUT2D eigenvalue weighted by atomic mass is 10.2. The molecule has 0 aliphatic rings. The van der Waals surface area contributed by atoms with E-state index in [-0.39, 0.29) is 11.4 Å². The zero-order valence-corrected chi connectivity index (χ0v) is 17.9. The average molecular weight is 468 g/mol. The van der Waals surface area contributed by atoms with Crippen LogP contribution in [-0.2, 0) is 6.42 Å². The minimum Gasteiger partial charge on any atom is -0.455 e. The van der Waals surface area contributed by atoms with E-state index in [1.807, 2.05) is 12.1 Å². The molecule has 5 nitrogen and oxygen atoms in total. The van der Waals surface area contributed by atoms with Gasteiger partial charge in [0.25, 0.3) is 5.56 Å². The van der Waals surface area contributed by atoms with Crippen molar-refractivity contribution in [3.8, 4) is 11.3 Å². The van der Waals surface area contributed by atoms with Gasteiger partial charge in [-0.3, -0.25) is 4.79 Å². The van der Waals surface area contributed by atoms with Crippen LogP contribution in [0, 0.1) is 5.82 Å². The van der Waals surface area contributed by atoms with E-state index in [4.69, 9.17) is 4.42 Å². The number of nitrogens with zero attached hydrogens (tertiary/aromatic N) is 3. The SMILES string of the molecule is CCCCc1nc2ccc(Br)cc2c(=O)n1N=Cc1ccc(-c2cccc(F)c2)o1. The minimum absolute atomic E-state index is 0.236. The van der Waals surface area contributed by atoms with Gasteiger partial charge in [0, 0.05) is 16.5 Å². The molecule has 0 unspecified atom stereocenters. The quantitative estimate of drug-likeness (QED) is 0.337. The Hall–Kier alpha value is -3.06. The molecule has 0 fully saturated rings. The number of rotatable bonds is 6. The van der Waals surface area contributed by atoms with Crippen LogP contribution in [0.3, 0.4) is 0 Å². The summed E-state index contributed by atoms with van der Waals surface area (Å²) in [4.78, 5) is 17.7. The van der Waals surface area contributed by atoms with Crippen LogP contribution in [0.25, 0.3) is 22.2 Å². The van der Waals surface area contributed by atoms with Crippen LogP contribution in [-0.4, -0.2) is 15.9 Å². The van der Waals surface area contributed by atoms with Crippen LogP contribution >= 0.6 is 15.9 Å². The first-order valence-electron chi connectivity index (χ1n) is 9.66. The summed E-state index contributed by atoms with van der Waals surface area (Å²) < 4.78 is 21.3. The van der Waals surface area contributed by atoms with E-state index in [1.165, 1.54) is 23.0 Å². The molecule has 0 radical (unpaired) electrons. The second-order valence-corrected chi connectivity index (χ2v) is 7.78. The number of hydrogen-bond acceptors (Lipinski definition) is 4. The molecule has 0 saturated carbocycles. The molecule has 0 amide bonds. The molecule has 152 valence electrons. The van der Waals surface area contributed by atoms with E-state index < -0.39 is 0 Å². The number of aromatic nitrogens is 2. The monoisotopic (exact) mass is 467 g/mol. The molecule has 2 aromatic heterocycles. The molecule has 2 heterocycles. The highest BCUT2D eigenvalue weighted by atomic mass is 79.9. The molecule has 0 aliphatic heterocycles. The number of halogens is 2. The molecular formula is C23H19BrFN3O2. The van der Waals surface area contributed by atoms with Gasteiger partial charge in [-0.15, -0.1) is 0 Å². The molecule has 0 N–H and O–H groups in total. The predicted octanol–water partition coefficient (Wildman–Crippen LogP) is 5.78. The fourth-order valence-corrected chi connectivity index (χ4v) is 3.51. The van der Waals surface area contributed by atoms with Crippen molar-refractivity contribution in [1.29, 1.82) is 0 Å². The van der Waals surface area contributed by atoms with E-state index in [1.54, 1.807) is 30.3 Å². The third kappa shape index (κ3) is 4.26. The smallest absolute Gasteiger partial charge is 0.282 e. The van der Waals surface area contributed by atoms with E-state index >= 15 is 0 Å². The van der Waals surface area contributed by atoms with Crippen LogP contribution < -0.4 is 5.56 Å². The van der Waals surface area contributed by atoms with Crippen molar-refractivity contribution in [1.82, 2.24) is 9.66 Å². The Kier molecular flexibility index (Phi) is 5.90. The zero-order valence-electron chi connectivity index (χ0n) is 16.3. The summed E-state index contributed by atoms with van der Waals surface area (Å²) in [7, 11) is 0. The maximum atomic E-state index is 13.5. The average Bonchev–Trinajstić information content (AvgIpc) is 3.21. The lowest BCUT2D eigenvalue weighted by molar-refractivity contribution is 0.571. The number of aryl methyl sites for hydroxylation is 1. The largest absolute Gasteiger partial charge is 0.455 e. The lowest BCUT2D eigenvalue weighted by Crippen LogP contribution is -2.22. The van der Waals surface area contributed by atoms with Crippen LogP contribution in [0.4, 0.5) is 4.39 Å². The van der Waals surface area contributed by atoms with Crippen LogP contribution in [0.1, 0.15) is 31.4 Å². The van der Waals surface area contributed by atoms with Crippen LogP contribution in [0.15, 0.2) is 73.4 Å². The van der Waals surface area contributed by atoms with E-state index in [9.17, 15) is 9.18 Å². The van der Waals surface area contributed by atoms with Gasteiger partial charge in [-0.25, -0.2) is 9.37 Å². The molecule has 4 rings (SSSR count). The van der Waals surface area contributed by atoms with Gasteiger partial charge in [-0.1, -0.05) is 41.4 Å². The third-order valence-electron chi connectivity index (χ3n) is 4.67. The van der Waals surface area contributed by atoms with E-state index in [0.717, 1.165) is 17.3 Å². The molecule has 0 aliphatic carbocycles. The molecule has 4 aromatic rings. The van der Waals surface area contributed by atoms with Crippen molar-refractivity contribution < 1.29 is 8.81 Å². The Morgan fingerprint density at radius 2 is 2.07 bits per heavy atom. The fourth-order valence-electron chi connectivity index (χ4n) is 3.14. The third-order valence-corrected chi connectivity index (χ3v) is 5.16. The summed E-state index contributed by atoms with van der Waals surface area (Å²) in [6.07, 6.45) is 3.99. The van der Waals surface area contributed by atoms with E-state index in [0.29, 0.717) is 40.2 Å². The van der Waals surface area contributed by atoms with Gasteiger partial charge < -0.3 is 4.42 Å². The van der Waals surface area contributed by atoms with Crippen LogP contribution in [0.5, 0.6) is 0 Å². The summed E-state index contributed by atoms with van der Waals surface area (Å²) in [5.41, 5.74) is 1.04. The van der Waals surface area contributed by atoms with Crippen molar-refractivity contribution in [2.75, 3.05) is 0 Å². The van der Waals surface area contributed by atoms with Crippen molar-refractivity contribution in [2.24, 2.45) is 5.10 Å². The zero-order chi connectivity index (χ0) is 21.1. The number of furan rings is 1. The first-order valence-corrected chi connectivity index (χ1v) is 10.5. The number of unbranched alkanes of at least 4 members (excludes halogenated alkanes) is 1. The standard InChI is InChI=1S/C23H19BrFN3O2/c1-2-3-7-22-27-20-10-8-16(24)13-19(20)23(29)28(22)26-14-18-9-11-21(30-18)15-5-4-6-17(25)12-15/h4-6,8-14H,2-3,7H2,1H3. The van der Waals surface area contributed by atoms with Gasteiger partial charge in [0.1, 0.15) is 23.2 Å². The molecule has 0 spiro atoms. The minimum atomic E-state index is -0.334. The highest BCUT2D eigenvalue weighted by Crippen LogP contribution is 2.22. The van der Waals surface area contributed by atoms with Crippen molar-refractivity contribution in [2.45, 2.75) is 26.2 Å². The van der Waals surface area contributed by atoms with Gasteiger partial charge in [-0.2, -0.15) is 9.78 Å². The van der Waals surface area contributed by atoms with Gasteiger partial charge in [0.05, 0.1) is 17.1 Å². The molecular weight excluding hydrogens is 449 g/mol.